The first kappa shape index (κ1) is 20.0. The third kappa shape index (κ3) is 3.55. The maximum absolute atomic E-state index is 14.0. The van der Waals surface area contributed by atoms with Crippen LogP contribution >= 0.6 is 11.6 Å². The summed E-state index contributed by atoms with van der Waals surface area (Å²) in [6, 6.07) is 9.12. The summed E-state index contributed by atoms with van der Waals surface area (Å²) in [6.45, 7) is 0. The number of aromatic nitrogens is 3. The minimum absolute atomic E-state index is 0.0893. The monoisotopic (exact) mass is 450 g/mol. The van der Waals surface area contributed by atoms with Gasteiger partial charge in [0.2, 0.25) is 0 Å². The second-order valence-corrected chi connectivity index (χ2v) is 8.93. The van der Waals surface area contributed by atoms with Crippen LogP contribution in [0.5, 0.6) is 0 Å². The molecule has 4 N–H and O–H groups in total. The molecular weight excluding hydrogens is 438 g/mol. The average molecular weight is 451 g/mol. The van der Waals surface area contributed by atoms with Gasteiger partial charge in [-0.05, 0) is 23.3 Å². The predicted octanol–water partition coefficient (Wildman–Crippen LogP) is 3.41. The first-order chi connectivity index (χ1) is 14.2. The summed E-state index contributed by atoms with van der Waals surface area (Å²) in [4.78, 5) is 14.2. The van der Waals surface area contributed by atoms with Crippen molar-refractivity contribution in [3.8, 4) is 11.3 Å². The Kier molecular flexibility index (Phi) is 4.83. The van der Waals surface area contributed by atoms with E-state index in [-0.39, 0.29) is 11.2 Å². The van der Waals surface area contributed by atoms with Gasteiger partial charge in [-0.3, -0.25) is 9.89 Å². The minimum Gasteiger partial charge on any atom is -0.382 e. The molecule has 0 saturated heterocycles. The maximum Gasteiger partial charge on any atom is 0.261 e. The zero-order valence-electron chi connectivity index (χ0n) is 15.0. The van der Waals surface area contributed by atoms with Crippen molar-refractivity contribution >= 4 is 38.2 Å². The highest BCUT2D eigenvalue weighted by Gasteiger charge is 2.22. The number of sulfone groups is 1. The largest absolute Gasteiger partial charge is 0.382 e. The molecule has 4 rings (SSSR count). The molecule has 0 spiro atoms. The fourth-order valence-corrected chi connectivity index (χ4v) is 4.72. The molecule has 7 nitrogen and oxygen atoms in total. The van der Waals surface area contributed by atoms with Crippen LogP contribution in [0.25, 0.3) is 22.2 Å². The summed E-state index contributed by atoms with van der Waals surface area (Å²) in [5.74, 6) is -2.68. The van der Waals surface area contributed by atoms with Gasteiger partial charge in [0.1, 0.15) is 21.9 Å². The Morgan fingerprint density at radius 1 is 1.07 bits per heavy atom. The third-order valence-corrected chi connectivity index (χ3v) is 6.50. The molecule has 0 aliphatic carbocycles. The molecule has 0 unspecified atom stereocenters. The van der Waals surface area contributed by atoms with Crippen molar-refractivity contribution in [2.24, 2.45) is 0 Å². The average Bonchev–Trinajstić information content (AvgIpc) is 3.06. The van der Waals surface area contributed by atoms with E-state index in [9.17, 15) is 22.0 Å². The number of anilines is 1. The van der Waals surface area contributed by atoms with E-state index in [0.29, 0.717) is 28.4 Å². The molecule has 2 heterocycles. The van der Waals surface area contributed by atoms with Crippen molar-refractivity contribution in [2.45, 2.75) is 10.6 Å². The molecule has 0 bridgehead atoms. The number of nitrogens with two attached hydrogens (primary N) is 1. The van der Waals surface area contributed by atoms with Gasteiger partial charge >= 0.3 is 0 Å². The molecular formula is C19H13ClF2N4O3S. The van der Waals surface area contributed by atoms with Crippen LogP contribution < -0.4 is 11.3 Å². The Morgan fingerprint density at radius 3 is 2.47 bits per heavy atom. The highest BCUT2D eigenvalue weighted by Crippen LogP contribution is 2.27. The molecule has 0 fully saturated rings. The van der Waals surface area contributed by atoms with Crippen LogP contribution in [0.15, 0.2) is 52.2 Å². The van der Waals surface area contributed by atoms with Gasteiger partial charge in [-0.15, -0.1) is 0 Å². The van der Waals surface area contributed by atoms with Crippen molar-refractivity contribution in [1.29, 1.82) is 0 Å². The van der Waals surface area contributed by atoms with Gasteiger partial charge in [0, 0.05) is 6.07 Å². The van der Waals surface area contributed by atoms with Gasteiger partial charge in [0.15, 0.2) is 15.7 Å². The summed E-state index contributed by atoms with van der Waals surface area (Å²) in [5.41, 5.74) is 7.15. The number of pyridine rings is 1. The Hall–Kier alpha value is -3.24. The Labute approximate surface area is 173 Å². The van der Waals surface area contributed by atoms with Crippen molar-refractivity contribution in [1.82, 2.24) is 15.2 Å². The quantitative estimate of drug-likeness (QED) is 0.325. The number of halogens is 3. The van der Waals surface area contributed by atoms with Gasteiger partial charge in [0.25, 0.3) is 5.56 Å². The number of rotatable bonds is 4. The molecule has 154 valence electrons. The minimum atomic E-state index is -4.10. The summed E-state index contributed by atoms with van der Waals surface area (Å²) in [6.07, 6.45) is 0. The summed E-state index contributed by atoms with van der Waals surface area (Å²) < 4.78 is 52.3. The normalized spacial score (nSPS) is 11.8. The van der Waals surface area contributed by atoms with E-state index in [0.717, 1.165) is 6.07 Å². The molecule has 4 aromatic rings. The molecule has 0 saturated carbocycles. The second-order valence-electron chi connectivity index (χ2n) is 6.56. The first-order valence-corrected chi connectivity index (χ1v) is 10.5. The van der Waals surface area contributed by atoms with Crippen LogP contribution in [-0.2, 0) is 15.6 Å². The molecule has 0 atom stereocenters. The van der Waals surface area contributed by atoms with Crippen LogP contribution in [0.4, 0.5) is 14.6 Å². The van der Waals surface area contributed by atoms with E-state index in [1.807, 2.05) is 0 Å². The standard InChI is InChI=1S/C19H13ClF2N4O3S/c20-11-5-16(13(22)6-12(11)21)30(28,29)8-9-1-3-10(4-2-9)14-7-15-17(19(27)24-14)18(23)26-25-15/h1-7H,8H2,(H,24,27)(H3,23,25,26). The number of hydrogen-bond acceptors (Lipinski definition) is 5. The number of nitrogens with one attached hydrogen (secondary N) is 2. The fraction of sp³-hybridized carbons (Fsp3) is 0.0526. The zero-order valence-corrected chi connectivity index (χ0v) is 16.6. The van der Waals surface area contributed by atoms with Crippen LogP contribution in [0.2, 0.25) is 5.02 Å². The van der Waals surface area contributed by atoms with E-state index in [4.69, 9.17) is 17.3 Å². The number of fused-ring (bicyclic) bond motifs is 1. The predicted molar refractivity (Wildman–Crippen MR) is 109 cm³/mol. The highest BCUT2D eigenvalue weighted by atomic mass is 35.5. The first-order valence-electron chi connectivity index (χ1n) is 8.49. The Balaban J connectivity index is 1.64. The summed E-state index contributed by atoms with van der Waals surface area (Å²) in [7, 11) is -4.10. The van der Waals surface area contributed by atoms with Crippen molar-refractivity contribution < 1.29 is 17.2 Å². The van der Waals surface area contributed by atoms with Crippen LogP contribution in [0.1, 0.15) is 5.56 Å². The lowest BCUT2D eigenvalue weighted by Gasteiger charge is -2.08. The van der Waals surface area contributed by atoms with Crippen LogP contribution in [-0.4, -0.2) is 23.6 Å². The maximum atomic E-state index is 14.0. The lowest BCUT2D eigenvalue weighted by Crippen LogP contribution is -2.09. The molecule has 2 aromatic carbocycles. The van der Waals surface area contributed by atoms with E-state index in [1.165, 1.54) is 12.1 Å². The van der Waals surface area contributed by atoms with Gasteiger partial charge < -0.3 is 10.7 Å². The van der Waals surface area contributed by atoms with E-state index >= 15 is 0 Å². The Bertz CT molecular complexity index is 1450. The smallest absolute Gasteiger partial charge is 0.261 e. The number of nitrogen functional groups attached to an aromatic ring is 1. The van der Waals surface area contributed by atoms with Crippen molar-refractivity contribution in [3.05, 3.63) is 75.0 Å². The molecule has 2 aromatic heterocycles. The molecule has 30 heavy (non-hydrogen) atoms. The topological polar surface area (TPSA) is 122 Å². The number of aromatic amines is 2. The molecule has 0 aliphatic heterocycles. The fourth-order valence-electron chi connectivity index (χ4n) is 3.05. The van der Waals surface area contributed by atoms with Gasteiger partial charge in [-0.25, -0.2) is 17.2 Å². The summed E-state index contributed by atoms with van der Waals surface area (Å²) in [5, 5.41) is 6.23. The second kappa shape index (κ2) is 7.22. The Morgan fingerprint density at radius 2 is 1.77 bits per heavy atom. The SMILES string of the molecule is Nc1n[nH]c2cc(-c3ccc(CS(=O)(=O)c4cc(Cl)c(F)cc4F)cc3)[nH]c(=O)c12. The number of H-pyrrole nitrogens is 2. The van der Waals surface area contributed by atoms with Gasteiger partial charge in [-0.2, -0.15) is 5.10 Å². The highest BCUT2D eigenvalue weighted by molar-refractivity contribution is 7.90. The van der Waals surface area contributed by atoms with Crippen molar-refractivity contribution in [2.75, 3.05) is 5.73 Å². The number of nitrogens with zero attached hydrogens (tertiary/aromatic N) is 1. The molecule has 0 aliphatic rings. The number of hydrogen-bond donors (Lipinski definition) is 3. The third-order valence-electron chi connectivity index (χ3n) is 4.52. The zero-order chi connectivity index (χ0) is 21.6. The van der Waals surface area contributed by atoms with Gasteiger partial charge in [0.05, 0.1) is 22.0 Å². The molecule has 11 heteroatoms. The van der Waals surface area contributed by atoms with Crippen molar-refractivity contribution in [3.63, 3.8) is 0 Å². The van der Waals surface area contributed by atoms with Crippen LogP contribution in [0.3, 0.4) is 0 Å². The van der Waals surface area contributed by atoms with E-state index < -0.39 is 42.7 Å². The van der Waals surface area contributed by atoms with E-state index in [1.54, 1.807) is 18.2 Å². The number of benzene rings is 2. The molecule has 0 radical (unpaired) electrons. The van der Waals surface area contributed by atoms with Crippen LogP contribution in [0, 0.1) is 11.6 Å². The lowest BCUT2D eigenvalue weighted by molar-refractivity contribution is 0.549. The molecule has 0 amide bonds. The van der Waals surface area contributed by atoms with Gasteiger partial charge in [-0.1, -0.05) is 35.9 Å². The van der Waals surface area contributed by atoms with E-state index in [2.05, 4.69) is 15.2 Å². The lowest BCUT2D eigenvalue weighted by atomic mass is 10.1. The summed E-state index contributed by atoms with van der Waals surface area (Å²) >= 11 is 5.59.